The molecule has 27 heavy (non-hydrogen) atoms. The third-order valence-electron chi connectivity index (χ3n) is 4.96. The molecule has 2 nitrogen and oxygen atoms in total. The molecular weight excluding hydrogens is 332 g/mol. The molecule has 0 aromatic heterocycles. The van der Waals surface area contributed by atoms with Crippen molar-refractivity contribution in [3.8, 4) is 22.6 Å². The molecule has 140 valence electrons. The molecule has 0 heterocycles. The fourth-order valence-corrected chi connectivity index (χ4v) is 3.45. The quantitative estimate of drug-likeness (QED) is 0.591. The second-order valence-electron chi connectivity index (χ2n) is 7.96. The second kappa shape index (κ2) is 7.87. The van der Waals surface area contributed by atoms with Crippen LogP contribution in [0.15, 0.2) is 66.7 Å². The predicted octanol–water partition coefficient (Wildman–Crippen LogP) is 6.15. The van der Waals surface area contributed by atoms with E-state index < -0.39 is 0 Å². The van der Waals surface area contributed by atoms with Crippen LogP contribution in [-0.4, -0.2) is 12.2 Å². The van der Waals surface area contributed by atoms with Crippen LogP contribution in [-0.2, 0) is 18.3 Å². The zero-order chi connectivity index (χ0) is 19.4. The first-order chi connectivity index (χ1) is 12.9. The average Bonchev–Trinajstić information content (AvgIpc) is 2.66. The SMILES string of the molecule is COc1ccccc1-c1cccc(CCc2cccc(C(C)(C)C)c2O)c1. The highest BCUT2D eigenvalue weighted by molar-refractivity contribution is 5.70. The van der Waals surface area contributed by atoms with E-state index in [0.29, 0.717) is 5.75 Å². The lowest BCUT2D eigenvalue weighted by atomic mass is 9.84. The van der Waals surface area contributed by atoms with E-state index >= 15 is 0 Å². The summed E-state index contributed by atoms with van der Waals surface area (Å²) in [5, 5.41) is 10.7. The molecule has 0 atom stereocenters. The number of para-hydroxylation sites is 2. The number of aryl methyl sites for hydroxylation is 2. The fourth-order valence-electron chi connectivity index (χ4n) is 3.45. The maximum atomic E-state index is 10.7. The Morgan fingerprint density at radius 3 is 2.33 bits per heavy atom. The van der Waals surface area contributed by atoms with Crippen LogP contribution in [0.4, 0.5) is 0 Å². The fraction of sp³-hybridized carbons (Fsp3) is 0.280. The van der Waals surface area contributed by atoms with E-state index in [1.54, 1.807) is 7.11 Å². The van der Waals surface area contributed by atoms with Gasteiger partial charge in [0, 0.05) is 5.56 Å². The molecule has 0 fully saturated rings. The summed E-state index contributed by atoms with van der Waals surface area (Å²) in [6.07, 6.45) is 1.69. The van der Waals surface area contributed by atoms with E-state index in [1.807, 2.05) is 36.4 Å². The minimum Gasteiger partial charge on any atom is -0.507 e. The standard InChI is InChI=1S/C25H28O2/c1-25(2,3)22-13-8-10-19(24(22)26)16-15-18-9-7-11-20(17-18)21-12-5-6-14-23(21)27-4/h5-14,17,26H,15-16H2,1-4H3. The van der Waals surface area contributed by atoms with Gasteiger partial charge in [0.2, 0.25) is 0 Å². The highest BCUT2D eigenvalue weighted by Gasteiger charge is 2.19. The summed E-state index contributed by atoms with van der Waals surface area (Å²) in [6.45, 7) is 6.38. The Balaban J connectivity index is 1.82. The van der Waals surface area contributed by atoms with Crippen molar-refractivity contribution in [2.75, 3.05) is 7.11 Å². The molecule has 0 amide bonds. The van der Waals surface area contributed by atoms with Gasteiger partial charge in [0.05, 0.1) is 7.11 Å². The molecule has 3 aromatic carbocycles. The number of phenols is 1. The summed E-state index contributed by atoms with van der Waals surface area (Å²) >= 11 is 0. The molecule has 1 N–H and O–H groups in total. The van der Waals surface area contributed by atoms with Crippen LogP contribution in [0.2, 0.25) is 0 Å². The zero-order valence-corrected chi connectivity index (χ0v) is 16.6. The van der Waals surface area contributed by atoms with Crippen LogP contribution >= 0.6 is 0 Å². The van der Waals surface area contributed by atoms with E-state index in [9.17, 15) is 5.11 Å². The van der Waals surface area contributed by atoms with Crippen LogP contribution < -0.4 is 4.74 Å². The van der Waals surface area contributed by atoms with Gasteiger partial charge in [-0.25, -0.2) is 0 Å². The number of aromatic hydroxyl groups is 1. The lowest BCUT2D eigenvalue weighted by molar-refractivity contribution is 0.416. The van der Waals surface area contributed by atoms with Crippen molar-refractivity contribution in [3.05, 3.63) is 83.4 Å². The third kappa shape index (κ3) is 4.33. The lowest BCUT2D eigenvalue weighted by Gasteiger charge is -2.22. The Hall–Kier alpha value is -2.74. The number of benzene rings is 3. The van der Waals surface area contributed by atoms with Crippen LogP contribution in [0.25, 0.3) is 11.1 Å². The van der Waals surface area contributed by atoms with Crippen LogP contribution in [0.1, 0.15) is 37.5 Å². The number of rotatable bonds is 5. The molecule has 0 saturated heterocycles. The number of methoxy groups -OCH3 is 1. The summed E-state index contributed by atoms with van der Waals surface area (Å²) in [4.78, 5) is 0. The number of phenolic OH excluding ortho intramolecular Hbond substituents is 1. The highest BCUT2D eigenvalue weighted by Crippen LogP contribution is 2.34. The summed E-state index contributed by atoms with van der Waals surface area (Å²) in [5.41, 5.74) is 5.44. The van der Waals surface area contributed by atoms with Crippen molar-refractivity contribution in [1.82, 2.24) is 0 Å². The molecule has 0 spiro atoms. The van der Waals surface area contributed by atoms with Crippen molar-refractivity contribution >= 4 is 0 Å². The summed E-state index contributed by atoms with van der Waals surface area (Å²) in [5.74, 6) is 1.32. The Kier molecular flexibility index (Phi) is 5.55. The minimum absolute atomic E-state index is 0.0656. The summed E-state index contributed by atoms with van der Waals surface area (Å²) < 4.78 is 5.50. The first-order valence-electron chi connectivity index (χ1n) is 9.44. The van der Waals surface area contributed by atoms with Crippen molar-refractivity contribution in [1.29, 1.82) is 0 Å². The summed E-state index contributed by atoms with van der Waals surface area (Å²) in [7, 11) is 1.70. The van der Waals surface area contributed by atoms with E-state index in [4.69, 9.17) is 4.74 Å². The Labute approximate surface area is 162 Å². The molecule has 0 radical (unpaired) electrons. The number of ether oxygens (including phenoxy) is 1. The summed E-state index contributed by atoms with van der Waals surface area (Å²) in [6, 6.07) is 22.7. The Morgan fingerprint density at radius 2 is 1.59 bits per heavy atom. The van der Waals surface area contributed by atoms with Crippen molar-refractivity contribution in [2.24, 2.45) is 0 Å². The Bertz CT molecular complexity index is 920. The van der Waals surface area contributed by atoms with Crippen molar-refractivity contribution in [3.63, 3.8) is 0 Å². The minimum atomic E-state index is -0.0656. The molecular formula is C25H28O2. The first kappa shape index (κ1) is 19.0. The van der Waals surface area contributed by atoms with Crippen molar-refractivity contribution in [2.45, 2.75) is 39.0 Å². The average molecular weight is 360 g/mol. The van der Waals surface area contributed by atoms with Gasteiger partial charge in [-0.15, -0.1) is 0 Å². The van der Waals surface area contributed by atoms with Crippen LogP contribution in [0.3, 0.4) is 0 Å². The molecule has 0 saturated carbocycles. The topological polar surface area (TPSA) is 29.5 Å². The second-order valence-corrected chi connectivity index (χ2v) is 7.96. The molecule has 0 bridgehead atoms. The monoisotopic (exact) mass is 360 g/mol. The Morgan fingerprint density at radius 1 is 0.852 bits per heavy atom. The van der Waals surface area contributed by atoms with E-state index in [2.05, 4.69) is 51.1 Å². The predicted molar refractivity (Wildman–Crippen MR) is 113 cm³/mol. The highest BCUT2D eigenvalue weighted by atomic mass is 16.5. The van der Waals surface area contributed by atoms with E-state index in [0.717, 1.165) is 40.8 Å². The van der Waals surface area contributed by atoms with Gasteiger partial charge < -0.3 is 9.84 Å². The van der Waals surface area contributed by atoms with Crippen LogP contribution in [0, 0.1) is 0 Å². The number of hydrogen-bond acceptors (Lipinski definition) is 2. The van der Waals surface area contributed by atoms with Gasteiger partial charge in [0.1, 0.15) is 11.5 Å². The molecule has 0 unspecified atom stereocenters. The molecule has 3 rings (SSSR count). The maximum Gasteiger partial charge on any atom is 0.126 e. The lowest BCUT2D eigenvalue weighted by Crippen LogP contribution is -2.12. The third-order valence-corrected chi connectivity index (χ3v) is 4.96. The van der Waals surface area contributed by atoms with Gasteiger partial charge in [-0.1, -0.05) is 81.4 Å². The molecule has 3 aromatic rings. The van der Waals surface area contributed by atoms with E-state index in [1.165, 1.54) is 5.56 Å². The molecule has 0 aliphatic rings. The van der Waals surface area contributed by atoms with Gasteiger partial charge in [-0.05, 0) is 46.6 Å². The molecule has 2 heteroatoms. The largest absolute Gasteiger partial charge is 0.507 e. The van der Waals surface area contributed by atoms with Crippen molar-refractivity contribution < 1.29 is 9.84 Å². The molecule has 0 aliphatic heterocycles. The smallest absolute Gasteiger partial charge is 0.126 e. The zero-order valence-electron chi connectivity index (χ0n) is 16.6. The molecule has 0 aliphatic carbocycles. The normalized spacial score (nSPS) is 11.4. The van der Waals surface area contributed by atoms with Gasteiger partial charge in [-0.2, -0.15) is 0 Å². The number of hydrogen-bond donors (Lipinski definition) is 1. The van der Waals surface area contributed by atoms with Crippen LogP contribution in [0.5, 0.6) is 11.5 Å². The first-order valence-corrected chi connectivity index (χ1v) is 9.44. The van der Waals surface area contributed by atoms with Gasteiger partial charge >= 0.3 is 0 Å². The van der Waals surface area contributed by atoms with Gasteiger partial charge in [-0.3, -0.25) is 0 Å². The maximum absolute atomic E-state index is 10.7. The van der Waals surface area contributed by atoms with E-state index in [-0.39, 0.29) is 5.41 Å². The van der Waals surface area contributed by atoms with Gasteiger partial charge in [0.25, 0.3) is 0 Å². The van der Waals surface area contributed by atoms with Gasteiger partial charge in [0.15, 0.2) is 0 Å².